The van der Waals surface area contributed by atoms with E-state index in [4.69, 9.17) is 5.11 Å². The Labute approximate surface area is 161 Å². The fraction of sp³-hybridized carbons (Fsp3) is 0.600. The van der Waals surface area contributed by atoms with Gasteiger partial charge < -0.3 is 15.7 Å². The number of nitrogens with one attached hydrogen (secondary N) is 2. The third-order valence-electron chi connectivity index (χ3n) is 6.11. The highest BCUT2D eigenvalue weighted by atomic mass is 19.4. The second-order valence-electron chi connectivity index (χ2n) is 7.93. The van der Waals surface area contributed by atoms with Gasteiger partial charge in [0.2, 0.25) is 0 Å². The van der Waals surface area contributed by atoms with Gasteiger partial charge in [-0.15, -0.1) is 0 Å². The third-order valence-corrected chi connectivity index (χ3v) is 6.11. The van der Waals surface area contributed by atoms with Crippen molar-refractivity contribution in [2.24, 2.45) is 5.92 Å². The van der Waals surface area contributed by atoms with E-state index in [1.807, 2.05) is 0 Å². The van der Waals surface area contributed by atoms with Gasteiger partial charge in [0.05, 0.1) is 11.5 Å². The largest absolute Gasteiger partial charge is 0.481 e. The van der Waals surface area contributed by atoms with Gasteiger partial charge in [-0.3, -0.25) is 4.79 Å². The molecule has 0 heterocycles. The average molecular weight is 398 g/mol. The molecule has 3 N–H and O–H groups in total. The quantitative estimate of drug-likeness (QED) is 0.700. The van der Waals surface area contributed by atoms with Gasteiger partial charge >= 0.3 is 18.2 Å². The number of carboxylic acid groups (broad SMARTS) is 1. The predicted molar refractivity (Wildman–Crippen MR) is 96.9 cm³/mol. The number of hydrogen-bond acceptors (Lipinski definition) is 2. The zero-order valence-electron chi connectivity index (χ0n) is 15.5. The second kappa shape index (κ2) is 8.01. The Hall–Kier alpha value is -2.25. The minimum atomic E-state index is -4.39. The number of carbonyl (C=O) groups is 2. The average Bonchev–Trinajstić information content (AvgIpc) is 2.61. The molecular weight excluding hydrogens is 373 g/mol. The lowest BCUT2D eigenvalue weighted by atomic mass is 9.64. The van der Waals surface area contributed by atoms with Crippen LogP contribution in [-0.2, 0) is 16.4 Å². The molecule has 0 saturated heterocycles. The van der Waals surface area contributed by atoms with E-state index in [1.54, 1.807) is 6.07 Å². The number of rotatable bonds is 5. The number of benzene rings is 1. The minimum Gasteiger partial charge on any atom is -0.481 e. The fourth-order valence-electron chi connectivity index (χ4n) is 4.17. The lowest BCUT2D eigenvalue weighted by Gasteiger charge is -2.43. The van der Waals surface area contributed by atoms with E-state index in [9.17, 15) is 22.8 Å². The molecule has 0 unspecified atom stereocenters. The van der Waals surface area contributed by atoms with Gasteiger partial charge in [0.15, 0.2) is 0 Å². The summed E-state index contributed by atoms with van der Waals surface area (Å²) in [6.07, 6.45) is 0.297. The third kappa shape index (κ3) is 4.59. The van der Waals surface area contributed by atoms with Gasteiger partial charge in [-0.25, -0.2) is 4.79 Å². The molecule has 0 spiro atoms. The number of halogens is 3. The van der Waals surface area contributed by atoms with E-state index < -0.39 is 23.1 Å². The molecule has 28 heavy (non-hydrogen) atoms. The Morgan fingerprint density at radius 2 is 1.82 bits per heavy atom. The van der Waals surface area contributed by atoms with E-state index in [0.717, 1.165) is 25.3 Å². The summed E-state index contributed by atoms with van der Waals surface area (Å²) < 4.78 is 39.0. The minimum absolute atomic E-state index is 0.0681. The Morgan fingerprint density at radius 3 is 2.36 bits per heavy atom. The summed E-state index contributed by atoms with van der Waals surface area (Å²) in [5.74, 6) is -1.14. The summed E-state index contributed by atoms with van der Waals surface area (Å²) in [6.45, 7) is 0.282. The smallest absolute Gasteiger partial charge is 0.416 e. The molecule has 5 nitrogen and oxygen atoms in total. The molecule has 2 amide bonds. The van der Waals surface area contributed by atoms with E-state index in [1.165, 1.54) is 12.1 Å². The van der Waals surface area contributed by atoms with Gasteiger partial charge in [-0.1, -0.05) is 24.6 Å². The fourth-order valence-corrected chi connectivity index (χ4v) is 4.17. The first-order chi connectivity index (χ1) is 13.2. The van der Waals surface area contributed by atoms with Crippen molar-refractivity contribution >= 4 is 12.0 Å². The molecule has 2 aliphatic rings. The molecule has 2 aliphatic carbocycles. The molecule has 2 fully saturated rings. The molecule has 1 aromatic rings. The van der Waals surface area contributed by atoms with Crippen molar-refractivity contribution in [1.82, 2.24) is 10.6 Å². The summed E-state index contributed by atoms with van der Waals surface area (Å²) in [4.78, 5) is 23.2. The van der Waals surface area contributed by atoms with Gasteiger partial charge in [-0.05, 0) is 50.2 Å². The van der Waals surface area contributed by atoms with E-state index in [2.05, 4.69) is 10.6 Å². The van der Waals surface area contributed by atoms with Crippen LogP contribution in [0.25, 0.3) is 0 Å². The van der Waals surface area contributed by atoms with Crippen molar-refractivity contribution in [2.45, 2.75) is 62.6 Å². The maximum Gasteiger partial charge on any atom is 0.416 e. The van der Waals surface area contributed by atoms with Crippen LogP contribution in [0.15, 0.2) is 24.3 Å². The van der Waals surface area contributed by atoms with Crippen LogP contribution in [0, 0.1) is 5.92 Å². The Morgan fingerprint density at radius 1 is 1.14 bits per heavy atom. The van der Waals surface area contributed by atoms with Crippen molar-refractivity contribution < 1.29 is 27.9 Å². The van der Waals surface area contributed by atoms with Crippen molar-refractivity contribution in [3.8, 4) is 0 Å². The van der Waals surface area contributed by atoms with Crippen LogP contribution >= 0.6 is 0 Å². The van der Waals surface area contributed by atoms with E-state index in [0.29, 0.717) is 31.2 Å². The molecule has 0 bridgehead atoms. The van der Waals surface area contributed by atoms with Crippen molar-refractivity contribution in [2.75, 3.05) is 6.54 Å². The number of carbonyl (C=O) groups excluding carboxylic acids is 1. The predicted octanol–water partition coefficient (Wildman–Crippen LogP) is 4.07. The highest BCUT2D eigenvalue weighted by Gasteiger charge is 2.40. The Balaban J connectivity index is 1.55. The van der Waals surface area contributed by atoms with Crippen LogP contribution in [-0.4, -0.2) is 29.7 Å². The number of urea groups is 1. The molecule has 0 atom stereocenters. The van der Waals surface area contributed by atoms with Gasteiger partial charge in [-0.2, -0.15) is 13.2 Å². The number of alkyl halides is 3. The number of carboxylic acids is 1. The van der Waals surface area contributed by atoms with Crippen molar-refractivity contribution in [1.29, 1.82) is 0 Å². The van der Waals surface area contributed by atoms with Crippen LogP contribution in [0.5, 0.6) is 0 Å². The topological polar surface area (TPSA) is 78.4 Å². The number of hydrogen-bond donors (Lipinski definition) is 3. The SMILES string of the molecule is O=C(NCC1(c2cccc(C(F)(F)F)c2)CCC1)NC1CCC(C(=O)O)CC1. The standard InChI is InChI=1S/C20H25F3N2O3/c21-20(22,23)15-4-1-3-14(11-15)19(9-2-10-19)12-24-18(28)25-16-7-5-13(6-8-16)17(26)27/h1,3-4,11,13,16H,2,5-10,12H2,(H,26,27)(H2,24,25,28). The second-order valence-corrected chi connectivity index (χ2v) is 7.93. The van der Waals surface area contributed by atoms with Gasteiger partial charge in [0.1, 0.15) is 0 Å². The van der Waals surface area contributed by atoms with Gasteiger partial charge in [0, 0.05) is 18.0 Å². The summed E-state index contributed by atoms with van der Waals surface area (Å²) in [6, 6.07) is 4.94. The monoisotopic (exact) mass is 398 g/mol. The molecule has 3 rings (SSSR count). The van der Waals surface area contributed by atoms with Crippen LogP contribution in [0.1, 0.15) is 56.1 Å². The van der Waals surface area contributed by atoms with E-state index >= 15 is 0 Å². The summed E-state index contributed by atoms with van der Waals surface area (Å²) in [7, 11) is 0. The first-order valence-electron chi connectivity index (χ1n) is 9.64. The van der Waals surface area contributed by atoms with Crippen molar-refractivity contribution in [3.05, 3.63) is 35.4 Å². The van der Waals surface area contributed by atoms with Crippen LogP contribution in [0.3, 0.4) is 0 Å². The van der Waals surface area contributed by atoms with Gasteiger partial charge in [0.25, 0.3) is 0 Å². The summed E-state index contributed by atoms with van der Waals surface area (Å²) in [5, 5.41) is 14.7. The molecule has 8 heteroatoms. The maximum absolute atomic E-state index is 13.0. The lowest BCUT2D eigenvalue weighted by Crippen LogP contribution is -2.50. The molecule has 0 radical (unpaired) electrons. The van der Waals surface area contributed by atoms with Crippen LogP contribution < -0.4 is 10.6 Å². The van der Waals surface area contributed by atoms with Crippen LogP contribution in [0.2, 0.25) is 0 Å². The highest BCUT2D eigenvalue weighted by molar-refractivity contribution is 5.74. The molecule has 0 aromatic heterocycles. The van der Waals surface area contributed by atoms with E-state index in [-0.39, 0.29) is 24.5 Å². The Bertz CT molecular complexity index is 724. The van der Waals surface area contributed by atoms with Crippen LogP contribution in [0.4, 0.5) is 18.0 Å². The molecular formula is C20H25F3N2O3. The summed E-state index contributed by atoms with van der Waals surface area (Å²) in [5.41, 5.74) is -0.522. The number of aliphatic carboxylic acids is 1. The normalized spacial score (nSPS) is 24.1. The first-order valence-corrected chi connectivity index (χ1v) is 9.64. The zero-order chi connectivity index (χ0) is 20.4. The molecule has 154 valence electrons. The van der Waals surface area contributed by atoms with Crippen molar-refractivity contribution in [3.63, 3.8) is 0 Å². The highest BCUT2D eigenvalue weighted by Crippen LogP contribution is 2.44. The zero-order valence-corrected chi connectivity index (χ0v) is 15.5. The lowest BCUT2D eigenvalue weighted by molar-refractivity contribution is -0.143. The molecule has 1 aromatic carbocycles. The number of amides is 2. The summed E-state index contributed by atoms with van der Waals surface area (Å²) >= 11 is 0. The molecule has 2 saturated carbocycles. The molecule has 0 aliphatic heterocycles. The maximum atomic E-state index is 13.0. The Kier molecular flexibility index (Phi) is 5.86. The first kappa shape index (κ1) is 20.5.